The Balaban J connectivity index is 1.91. The Hall–Kier alpha value is -1.79. The second kappa shape index (κ2) is 6.40. The number of halogens is 1. The highest BCUT2D eigenvalue weighted by atomic mass is 32.1. The smallest absolute Gasteiger partial charge is 0.191 e. The molecule has 1 heterocycles. The van der Waals surface area contributed by atoms with Crippen LogP contribution in [0.5, 0.6) is 0 Å². The Bertz CT molecular complexity index is 594. The zero-order valence-electron chi connectivity index (χ0n) is 10.2. The Morgan fingerprint density at radius 3 is 2.95 bits per heavy atom. The summed E-state index contributed by atoms with van der Waals surface area (Å²) < 4.78 is 12.9. The lowest BCUT2D eigenvalue weighted by Crippen LogP contribution is -2.24. The molecular formula is C13H12FN3S2. The average Bonchev–Trinajstić information content (AvgIpc) is 2.86. The minimum atomic E-state index is -0.266. The number of hydrazone groups is 1. The van der Waals surface area contributed by atoms with Crippen molar-refractivity contribution in [3.05, 3.63) is 52.0 Å². The summed E-state index contributed by atoms with van der Waals surface area (Å²) in [6.45, 7) is 1.81. The molecule has 98 valence electrons. The van der Waals surface area contributed by atoms with Crippen LogP contribution in [0.4, 0.5) is 10.1 Å². The molecule has 0 spiro atoms. The zero-order chi connectivity index (χ0) is 13.7. The number of rotatable bonds is 3. The Morgan fingerprint density at radius 1 is 1.42 bits per heavy atom. The van der Waals surface area contributed by atoms with Crippen molar-refractivity contribution >= 4 is 40.6 Å². The molecule has 1 aromatic heterocycles. The monoisotopic (exact) mass is 293 g/mol. The van der Waals surface area contributed by atoms with Crippen molar-refractivity contribution in [3.63, 3.8) is 0 Å². The number of hydrogen-bond donors (Lipinski definition) is 2. The molecule has 0 unspecified atom stereocenters. The lowest BCUT2D eigenvalue weighted by atomic mass is 10.2. The van der Waals surface area contributed by atoms with Gasteiger partial charge in [-0.2, -0.15) is 5.10 Å². The quantitative estimate of drug-likeness (QED) is 0.516. The topological polar surface area (TPSA) is 36.4 Å². The Morgan fingerprint density at radius 2 is 2.26 bits per heavy atom. The summed E-state index contributed by atoms with van der Waals surface area (Å²) in [4.78, 5) is 1.04. The van der Waals surface area contributed by atoms with Crippen LogP contribution in [0.1, 0.15) is 10.4 Å². The van der Waals surface area contributed by atoms with Crippen molar-refractivity contribution in [3.8, 4) is 0 Å². The molecule has 3 nitrogen and oxygen atoms in total. The van der Waals surface area contributed by atoms with E-state index in [1.165, 1.54) is 12.1 Å². The van der Waals surface area contributed by atoms with Gasteiger partial charge in [-0.05, 0) is 54.4 Å². The molecule has 0 saturated carbocycles. The Labute approximate surface area is 120 Å². The van der Waals surface area contributed by atoms with Gasteiger partial charge in [-0.25, -0.2) is 4.39 Å². The molecule has 0 saturated heterocycles. The van der Waals surface area contributed by atoms with Crippen LogP contribution >= 0.6 is 23.6 Å². The second-order valence-electron chi connectivity index (χ2n) is 3.80. The highest BCUT2D eigenvalue weighted by Crippen LogP contribution is 2.15. The van der Waals surface area contributed by atoms with Gasteiger partial charge >= 0.3 is 0 Å². The van der Waals surface area contributed by atoms with Crippen LogP contribution in [0.2, 0.25) is 0 Å². The van der Waals surface area contributed by atoms with Crippen molar-refractivity contribution < 1.29 is 4.39 Å². The van der Waals surface area contributed by atoms with E-state index < -0.39 is 0 Å². The van der Waals surface area contributed by atoms with E-state index in [0.29, 0.717) is 5.11 Å². The van der Waals surface area contributed by atoms with Gasteiger partial charge in [0.15, 0.2) is 5.11 Å². The molecule has 0 bridgehead atoms. The van der Waals surface area contributed by atoms with Gasteiger partial charge in [0.1, 0.15) is 5.82 Å². The predicted octanol–water partition coefficient (Wildman–Crippen LogP) is 3.52. The third-order valence-corrected chi connectivity index (χ3v) is 3.34. The summed E-state index contributed by atoms with van der Waals surface area (Å²) in [7, 11) is 0. The number of aryl methyl sites for hydroxylation is 1. The van der Waals surface area contributed by atoms with Crippen LogP contribution < -0.4 is 10.7 Å². The van der Waals surface area contributed by atoms with Gasteiger partial charge in [-0.15, -0.1) is 11.3 Å². The third-order valence-electron chi connectivity index (χ3n) is 2.34. The van der Waals surface area contributed by atoms with E-state index in [-0.39, 0.29) is 5.82 Å². The Kier molecular flexibility index (Phi) is 4.59. The van der Waals surface area contributed by atoms with E-state index in [1.807, 2.05) is 24.4 Å². The van der Waals surface area contributed by atoms with Crippen molar-refractivity contribution in [2.45, 2.75) is 6.92 Å². The minimum absolute atomic E-state index is 0.266. The highest BCUT2D eigenvalue weighted by Gasteiger charge is 2.01. The van der Waals surface area contributed by atoms with Crippen LogP contribution in [-0.2, 0) is 0 Å². The molecule has 2 aromatic rings. The van der Waals surface area contributed by atoms with E-state index in [9.17, 15) is 4.39 Å². The molecule has 19 heavy (non-hydrogen) atoms. The molecular weight excluding hydrogens is 281 g/mol. The molecule has 0 radical (unpaired) electrons. The maximum absolute atomic E-state index is 12.9. The number of anilines is 1. The largest absolute Gasteiger partial charge is 0.331 e. The highest BCUT2D eigenvalue weighted by molar-refractivity contribution is 7.80. The molecule has 6 heteroatoms. The predicted molar refractivity (Wildman–Crippen MR) is 82.4 cm³/mol. The van der Waals surface area contributed by atoms with Crippen LogP contribution in [0.3, 0.4) is 0 Å². The van der Waals surface area contributed by atoms with E-state index >= 15 is 0 Å². The first kappa shape index (κ1) is 13.6. The van der Waals surface area contributed by atoms with Crippen LogP contribution in [-0.4, -0.2) is 11.3 Å². The number of hydrogen-bond acceptors (Lipinski definition) is 3. The summed E-state index contributed by atoms with van der Waals surface area (Å²) in [5, 5.41) is 9.31. The SMILES string of the molecule is Cc1cc(F)ccc1NC(=S)NN=Cc1cccs1. The lowest BCUT2D eigenvalue weighted by molar-refractivity contribution is 0.627. The van der Waals surface area contributed by atoms with Gasteiger partial charge in [0.05, 0.1) is 6.21 Å². The molecule has 0 atom stereocenters. The molecule has 2 N–H and O–H groups in total. The molecule has 0 fully saturated rings. The number of nitrogens with zero attached hydrogens (tertiary/aromatic N) is 1. The standard InChI is InChI=1S/C13H12FN3S2/c1-9-7-10(14)4-5-12(9)16-13(18)17-15-8-11-3-2-6-19-11/h2-8H,1H3,(H2,16,17,18). The molecule has 0 aliphatic heterocycles. The first-order chi connectivity index (χ1) is 9.15. The van der Waals surface area contributed by atoms with Gasteiger partial charge < -0.3 is 5.32 Å². The molecule has 0 aliphatic rings. The van der Waals surface area contributed by atoms with Crippen molar-refractivity contribution in [1.82, 2.24) is 5.43 Å². The zero-order valence-corrected chi connectivity index (χ0v) is 11.8. The first-order valence-corrected chi connectivity index (χ1v) is 6.83. The summed E-state index contributed by atoms with van der Waals surface area (Å²) >= 11 is 6.68. The number of nitrogens with one attached hydrogen (secondary N) is 2. The van der Waals surface area contributed by atoms with Gasteiger partial charge in [-0.3, -0.25) is 5.43 Å². The van der Waals surface area contributed by atoms with Crippen LogP contribution in [0.25, 0.3) is 0 Å². The number of benzene rings is 1. The minimum Gasteiger partial charge on any atom is -0.331 e. The van der Waals surface area contributed by atoms with Crippen LogP contribution in [0.15, 0.2) is 40.8 Å². The molecule has 2 rings (SSSR count). The average molecular weight is 293 g/mol. The number of thiocarbonyl (C=S) groups is 1. The maximum Gasteiger partial charge on any atom is 0.191 e. The van der Waals surface area contributed by atoms with Crippen molar-refractivity contribution in [1.29, 1.82) is 0 Å². The molecule has 1 aromatic carbocycles. The fourth-order valence-electron chi connectivity index (χ4n) is 1.44. The second-order valence-corrected chi connectivity index (χ2v) is 5.19. The van der Waals surface area contributed by atoms with Crippen LogP contribution in [0, 0.1) is 12.7 Å². The lowest BCUT2D eigenvalue weighted by Gasteiger charge is -2.09. The van der Waals surface area contributed by atoms with E-state index in [1.54, 1.807) is 23.6 Å². The van der Waals surface area contributed by atoms with Gasteiger partial charge in [0.25, 0.3) is 0 Å². The summed E-state index contributed by atoms with van der Waals surface area (Å²) in [5.74, 6) is -0.266. The van der Waals surface area contributed by atoms with Crippen molar-refractivity contribution in [2.75, 3.05) is 5.32 Å². The molecule has 0 aliphatic carbocycles. The normalized spacial score (nSPS) is 10.6. The van der Waals surface area contributed by atoms with E-state index in [2.05, 4.69) is 15.8 Å². The fourth-order valence-corrected chi connectivity index (χ4v) is 2.18. The third kappa shape index (κ3) is 4.11. The summed E-state index contributed by atoms with van der Waals surface area (Å²) in [6, 6.07) is 8.37. The fraction of sp³-hybridized carbons (Fsp3) is 0.0769. The van der Waals surface area contributed by atoms with E-state index in [4.69, 9.17) is 12.2 Å². The summed E-state index contributed by atoms with van der Waals surface area (Å²) in [5.41, 5.74) is 4.25. The van der Waals surface area contributed by atoms with Gasteiger partial charge in [-0.1, -0.05) is 6.07 Å². The van der Waals surface area contributed by atoms with Gasteiger partial charge in [0, 0.05) is 10.6 Å². The summed E-state index contributed by atoms with van der Waals surface area (Å²) in [6.07, 6.45) is 1.69. The van der Waals surface area contributed by atoms with Gasteiger partial charge in [0.2, 0.25) is 0 Å². The molecule has 0 amide bonds. The number of thiophene rings is 1. The van der Waals surface area contributed by atoms with E-state index in [0.717, 1.165) is 16.1 Å². The maximum atomic E-state index is 12.9. The first-order valence-electron chi connectivity index (χ1n) is 5.55. The van der Waals surface area contributed by atoms with Crippen molar-refractivity contribution in [2.24, 2.45) is 5.10 Å².